The molecule has 0 radical (unpaired) electrons. The average Bonchev–Trinajstić information content (AvgIpc) is 3.13. The highest BCUT2D eigenvalue weighted by Crippen LogP contribution is 2.60. The third-order valence-electron chi connectivity index (χ3n) is 4.58. The van der Waals surface area contributed by atoms with Crippen LogP contribution in [0.15, 0.2) is 59.1 Å². The molecule has 0 unspecified atom stereocenters. The number of para-hydroxylation sites is 1. The number of benzene rings is 1. The minimum absolute atomic E-state index is 0.0132. The van der Waals surface area contributed by atoms with Gasteiger partial charge in [0.1, 0.15) is 16.8 Å². The van der Waals surface area contributed by atoms with Crippen LogP contribution >= 0.6 is 23.2 Å². The number of nitrogens with zero attached hydrogens (tertiary/aromatic N) is 1. The number of halogens is 2. The van der Waals surface area contributed by atoms with Crippen LogP contribution in [0.1, 0.15) is 19.5 Å². The van der Waals surface area contributed by atoms with Crippen LogP contribution in [0.2, 0.25) is 0 Å². The number of esters is 1. The second-order valence-electron chi connectivity index (χ2n) is 6.77. The summed E-state index contributed by atoms with van der Waals surface area (Å²) in [5.74, 6) is 0.606. The molecule has 1 aromatic carbocycles. The number of pyridine rings is 1. The maximum absolute atomic E-state index is 12.4. The van der Waals surface area contributed by atoms with Crippen molar-refractivity contribution in [2.24, 2.45) is 17.3 Å². The molecule has 0 amide bonds. The van der Waals surface area contributed by atoms with Crippen LogP contribution in [0.5, 0.6) is 11.6 Å². The van der Waals surface area contributed by atoms with Gasteiger partial charge in [0.25, 0.3) is 0 Å². The Hall–Kier alpha value is -2.04. The Morgan fingerprint density at radius 3 is 2.58 bits per heavy atom. The molecule has 2 atom stereocenters. The summed E-state index contributed by atoms with van der Waals surface area (Å²) in [5.41, 5.74) is 0.408. The molecule has 6 heteroatoms. The monoisotopic (exact) mass is 391 g/mol. The van der Waals surface area contributed by atoms with Crippen molar-refractivity contribution in [2.75, 3.05) is 0 Å². The quantitative estimate of drug-likeness (QED) is 0.609. The smallest absolute Gasteiger partial charge is 0.310 e. The van der Waals surface area contributed by atoms with E-state index in [0.717, 1.165) is 0 Å². The minimum atomic E-state index is -0.276. The van der Waals surface area contributed by atoms with Gasteiger partial charge in [0.2, 0.25) is 5.88 Å². The zero-order chi connectivity index (χ0) is 18.7. The molecule has 0 bridgehead atoms. The fourth-order valence-electron chi connectivity index (χ4n) is 3.01. The Balaban J connectivity index is 1.59. The Labute approximate surface area is 162 Å². The molecule has 2 aromatic rings. The van der Waals surface area contributed by atoms with Crippen LogP contribution < -0.4 is 4.74 Å². The molecule has 4 nitrogen and oxygen atoms in total. The van der Waals surface area contributed by atoms with Crippen molar-refractivity contribution in [1.82, 2.24) is 4.98 Å². The average molecular weight is 392 g/mol. The Bertz CT molecular complexity index is 817. The van der Waals surface area contributed by atoms with Gasteiger partial charge in [-0.05, 0) is 35.6 Å². The summed E-state index contributed by atoms with van der Waals surface area (Å²) in [6, 6.07) is 14.7. The molecule has 1 heterocycles. The third kappa shape index (κ3) is 4.37. The summed E-state index contributed by atoms with van der Waals surface area (Å²) in [6.07, 6.45) is 1.70. The molecule has 1 aromatic heterocycles. The van der Waals surface area contributed by atoms with Gasteiger partial charge in [-0.15, -0.1) is 0 Å². The number of allylic oxidation sites excluding steroid dienone is 1. The van der Waals surface area contributed by atoms with Gasteiger partial charge in [0.05, 0.1) is 11.6 Å². The lowest BCUT2D eigenvalue weighted by molar-refractivity contribution is -0.147. The molecule has 3 rings (SSSR count). The van der Waals surface area contributed by atoms with E-state index in [4.69, 9.17) is 32.7 Å². The highest BCUT2D eigenvalue weighted by atomic mass is 35.5. The first-order chi connectivity index (χ1) is 12.4. The number of hydrogen-bond acceptors (Lipinski definition) is 4. The normalized spacial score (nSPS) is 20.2. The van der Waals surface area contributed by atoms with Crippen LogP contribution in [0.4, 0.5) is 0 Å². The van der Waals surface area contributed by atoms with Crippen LogP contribution in [-0.4, -0.2) is 11.0 Å². The Morgan fingerprint density at radius 1 is 1.15 bits per heavy atom. The fourth-order valence-corrected chi connectivity index (χ4v) is 3.29. The summed E-state index contributed by atoms with van der Waals surface area (Å²) in [5, 5.41) is 0. The first-order valence-corrected chi connectivity index (χ1v) is 9.02. The number of ether oxygens (including phenoxy) is 2. The van der Waals surface area contributed by atoms with Crippen LogP contribution in [0.25, 0.3) is 0 Å². The zero-order valence-electron chi connectivity index (χ0n) is 14.5. The number of rotatable bonds is 6. The van der Waals surface area contributed by atoms with E-state index in [-0.39, 0.29) is 34.3 Å². The van der Waals surface area contributed by atoms with Crippen molar-refractivity contribution in [1.29, 1.82) is 0 Å². The lowest BCUT2D eigenvalue weighted by Gasteiger charge is -2.08. The third-order valence-corrected chi connectivity index (χ3v) is 4.83. The standard InChI is InChI=1S/C20H19Cl2NO3/c1-20(2)15(11-16(21)22)18(20)19(24)25-12-13-7-6-10-17(23-13)26-14-8-4-3-5-9-14/h3-11,15,18H,12H2,1-2H3/t15-,18-/m1/s1. The van der Waals surface area contributed by atoms with Gasteiger partial charge in [-0.25, -0.2) is 4.98 Å². The van der Waals surface area contributed by atoms with E-state index in [2.05, 4.69) is 4.98 Å². The summed E-state index contributed by atoms with van der Waals surface area (Å²) < 4.78 is 11.3. The van der Waals surface area contributed by atoms with E-state index in [9.17, 15) is 4.79 Å². The topological polar surface area (TPSA) is 48.4 Å². The Kier molecular flexibility index (Phi) is 5.54. The molecule has 1 aliphatic carbocycles. The fraction of sp³-hybridized carbons (Fsp3) is 0.300. The summed E-state index contributed by atoms with van der Waals surface area (Å²) in [4.78, 5) is 16.7. The molecule has 0 saturated heterocycles. The lowest BCUT2D eigenvalue weighted by atomic mass is 10.1. The molecule has 0 spiro atoms. The summed E-state index contributed by atoms with van der Waals surface area (Å²) in [7, 11) is 0. The maximum atomic E-state index is 12.4. The van der Waals surface area contributed by atoms with Gasteiger partial charge in [-0.2, -0.15) is 0 Å². The van der Waals surface area contributed by atoms with E-state index in [1.54, 1.807) is 18.2 Å². The highest BCUT2D eigenvalue weighted by molar-refractivity contribution is 6.55. The predicted octanol–water partition coefficient (Wildman–Crippen LogP) is 5.51. The molecule has 0 aliphatic heterocycles. The van der Waals surface area contributed by atoms with E-state index >= 15 is 0 Å². The lowest BCUT2D eigenvalue weighted by Crippen LogP contribution is -2.11. The zero-order valence-corrected chi connectivity index (χ0v) is 16.0. The van der Waals surface area contributed by atoms with E-state index in [1.807, 2.05) is 50.2 Å². The molecule has 0 N–H and O–H groups in total. The van der Waals surface area contributed by atoms with Crippen LogP contribution in [0.3, 0.4) is 0 Å². The summed E-state index contributed by atoms with van der Waals surface area (Å²) >= 11 is 11.4. The van der Waals surface area contributed by atoms with Gasteiger partial charge in [0, 0.05) is 6.07 Å². The van der Waals surface area contributed by atoms with E-state index in [1.165, 1.54) is 0 Å². The molecule has 1 aliphatic rings. The molecular formula is C20H19Cl2NO3. The van der Waals surface area contributed by atoms with Crippen LogP contribution in [-0.2, 0) is 16.1 Å². The first-order valence-electron chi connectivity index (χ1n) is 8.26. The van der Waals surface area contributed by atoms with Crippen molar-refractivity contribution < 1.29 is 14.3 Å². The minimum Gasteiger partial charge on any atom is -0.459 e. The number of carbonyl (C=O) groups is 1. The van der Waals surface area contributed by atoms with Crippen molar-refractivity contribution in [2.45, 2.75) is 20.5 Å². The first kappa shape index (κ1) is 18.7. The van der Waals surface area contributed by atoms with Crippen molar-refractivity contribution in [3.05, 3.63) is 64.8 Å². The van der Waals surface area contributed by atoms with Crippen molar-refractivity contribution >= 4 is 29.2 Å². The van der Waals surface area contributed by atoms with Gasteiger partial charge >= 0.3 is 5.97 Å². The van der Waals surface area contributed by atoms with Gasteiger partial charge in [-0.3, -0.25) is 4.79 Å². The molecular weight excluding hydrogens is 373 g/mol. The number of hydrogen-bond donors (Lipinski definition) is 0. The molecule has 1 saturated carbocycles. The number of aromatic nitrogens is 1. The van der Waals surface area contributed by atoms with E-state index in [0.29, 0.717) is 17.3 Å². The maximum Gasteiger partial charge on any atom is 0.310 e. The molecule has 136 valence electrons. The second kappa shape index (κ2) is 7.68. The Morgan fingerprint density at radius 2 is 1.88 bits per heavy atom. The molecule has 1 fully saturated rings. The number of carbonyl (C=O) groups excluding carboxylic acids is 1. The van der Waals surface area contributed by atoms with Crippen molar-refractivity contribution in [3.63, 3.8) is 0 Å². The second-order valence-corrected chi connectivity index (χ2v) is 7.78. The van der Waals surface area contributed by atoms with Crippen molar-refractivity contribution in [3.8, 4) is 11.6 Å². The van der Waals surface area contributed by atoms with Crippen LogP contribution in [0, 0.1) is 17.3 Å². The SMILES string of the molecule is CC1(C)[C@H](C=C(Cl)Cl)[C@@H]1C(=O)OCc1cccc(Oc2ccccc2)n1. The molecule has 26 heavy (non-hydrogen) atoms. The van der Waals surface area contributed by atoms with Gasteiger partial charge in [-0.1, -0.05) is 61.3 Å². The highest BCUT2D eigenvalue weighted by Gasteiger charge is 2.61. The van der Waals surface area contributed by atoms with Gasteiger partial charge in [0.15, 0.2) is 0 Å². The van der Waals surface area contributed by atoms with Gasteiger partial charge < -0.3 is 9.47 Å². The predicted molar refractivity (Wildman–Crippen MR) is 101 cm³/mol. The van der Waals surface area contributed by atoms with E-state index < -0.39 is 0 Å². The summed E-state index contributed by atoms with van der Waals surface area (Å²) in [6.45, 7) is 4.06. The largest absolute Gasteiger partial charge is 0.459 e.